The minimum absolute atomic E-state index is 0.327. The first kappa shape index (κ1) is 11.0. The molecule has 0 radical (unpaired) electrons. The highest BCUT2D eigenvalue weighted by Gasteiger charge is 2.19. The van der Waals surface area contributed by atoms with Gasteiger partial charge in [0.05, 0.1) is 12.6 Å². The highest BCUT2D eigenvalue weighted by atomic mass is 15.2. The van der Waals surface area contributed by atoms with E-state index in [-0.39, 0.29) is 0 Å². The van der Waals surface area contributed by atoms with Gasteiger partial charge >= 0.3 is 0 Å². The maximum atomic E-state index is 4.48. The molecule has 0 fully saturated rings. The molecule has 1 heterocycles. The van der Waals surface area contributed by atoms with Gasteiger partial charge in [0.15, 0.2) is 5.96 Å². The van der Waals surface area contributed by atoms with Crippen LogP contribution in [0.4, 0.5) is 0 Å². The standard InChI is InChI=1S/C13H19N3/c1-3-10(2)15-13-14-9-12(16-13)11-7-5-4-6-8-11/h4-8,10,12H,3,9H2,1-2H3,(H2,14,15,16)/t10-,12?/m1/s1. The monoisotopic (exact) mass is 217 g/mol. The van der Waals surface area contributed by atoms with Gasteiger partial charge < -0.3 is 10.6 Å². The molecule has 0 bridgehead atoms. The second-order valence-electron chi connectivity index (χ2n) is 4.25. The lowest BCUT2D eigenvalue weighted by Crippen LogP contribution is -2.40. The van der Waals surface area contributed by atoms with Crippen molar-refractivity contribution in [1.82, 2.24) is 10.6 Å². The van der Waals surface area contributed by atoms with Crippen LogP contribution in [0.3, 0.4) is 0 Å². The number of aliphatic imine (C=N–C) groups is 1. The van der Waals surface area contributed by atoms with E-state index in [0.29, 0.717) is 12.1 Å². The summed E-state index contributed by atoms with van der Waals surface area (Å²) in [4.78, 5) is 4.48. The van der Waals surface area contributed by atoms with Crippen LogP contribution in [0, 0.1) is 0 Å². The van der Waals surface area contributed by atoms with Crippen molar-refractivity contribution < 1.29 is 0 Å². The van der Waals surface area contributed by atoms with Crippen LogP contribution >= 0.6 is 0 Å². The zero-order valence-electron chi connectivity index (χ0n) is 9.90. The summed E-state index contributed by atoms with van der Waals surface area (Å²) in [5, 5.41) is 6.78. The van der Waals surface area contributed by atoms with Gasteiger partial charge in [0.25, 0.3) is 0 Å². The Morgan fingerprint density at radius 2 is 2.19 bits per heavy atom. The van der Waals surface area contributed by atoms with E-state index < -0.39 is 0 Å². The molecule has 1 aliphatic rings. The fraction of sp³-hybridized carbons (Fsp3) is 0.462. The average Bonchev–Trinajstić information content (AvgIpc) is 2.78. The van der Waals surface area contributed by atoms with E-state index in [4.69, 9.17) is 0 Å². The number of hydrogen-bond acceptors (Lipinski definition) is 3. The van der Waals surface area contributed by atoms with Gasteiger partial charge in [-0.3, -0.25) is 4.99 Å². The predicted octanol–water partition coefficient (Wildman–Crippen LogP) is 2.08. The topological polar surface area (TPSA) is 36.4 Å². The highest BCUT2D eigenvalue weighted by Crippen LogP contribution is 2.16. The van der Waals surface area contributed by atoms with Crippen molar-refractivity contribution in [3.8, 4) is 0 Å². The van der Waals surface area contributed by atoms with Gasteiger partial charge in [-0.25, -0.2) is 0 Å². The number of rotatable bonds is 3. The van der Waals surface area contributed by atoms with E-state index >= 15 is 0 Å². The van der Waals surface area contributed by atoms with Crippen LogP contribution in [0.25, 0.3) is 0 Å². The lowest BCUT2D eigenvalue weighted by Gasteiger charge is -2.16. The molecular formula is C13H19N3. The second kappa shape index (κ2) is 5.01. The molecule has 3 nitrogen and oxygen atoms in total. The van der Waals surface area contributed by atoms with Crippen LogP contribution in [-0.2, 0) is 0 Å². The zero-order chi connectivity index (χ0) is 11.4. The minimum Gasteiger partial charge on any atom is -0.354 e. The largest absolute Gasteiger partial charge is 0.354 e. The maximum absolute atomic E-state index is 4.48. The van der Waals surface area contributed by atoms with E-state index in [1.807, 2.05) is 6.07 Å². The molecule has 1 aromatic rings. The van der Waals surface area contributed by atoms with Gasteiger partial charge in [-0.05, 0) is 18.9 Å². The van der Waals surface area contributed by atoms with Crippen molar-refractivity contribution in [3.05, 3.63) is 35.9 Å². The molecule has 86 valence electrons. The Balaban J connectivity index is 1.92. The lowest BCUT2D eigenvalue weighted by atomic mass is 10.1. The molecule has 0 aromatic heterocycles. The maximum Gasteiger partial charge on any atom is 0.192 e. The van der Waals surface area contributed by atoms with Crippen LogP contribution in [0.2, 0.25) is 0 Å². The van der Waals surface area contributed by atoms with Crippen LogP contribution in [0.15, 0.2) is 35.3 Å². The molecule has 1 aliphatic heterocycles. The van der Waals surface area contributed by atoms with E-state index in [9.17, 15) is 0 Å². The van der Waals surface area contributed by atoms with E-state index in [1.54, 1.807) is 0 Å². The molecule has 0 saturated carbocycles. The molecule has 0 spiro atoms. The fourth-order valence-corrected chi connectivity index (χ4v) is 1.74. The quantitative estimate of drug-likeness (QED) is 0.813. The van der Waals surface area contributed by atoms with Crippen molar-refractivity contribution >= 4 is 5.96 Å². The van der Waals surface area contributed by atoms with E-state index in [2.05, 4.69) is 53.7 Å². The Labute approximate surface area is 97.0 Å². The summed E-state index contributed by atoms with van der Waals surface area (Å²) in [6.45, 7) is 5.16. The van der Waals surface area contributed by atoms with Crippen molar-refractivity contribution in [3.63, 3.8) is 0 Å². The highest BCUT2D eigenvalue weighted by molar-refractivity contribution is 5.82. The molecule has 1 aromatic carbocycles. The molecule has 3 heteroatoms. The van der Waals surface area contributed by atoms with Gasteiger partial charge in [-0.1, -0.05) is 37.3 Å². The normalized spacial score (nSPS) is 21.1. The fourth-order valence-electron chi connectivity index (χ4n) is 1.74. The van der Waals surface area contributed by atoms with E-state index in [0.717, 1.165) is 18.9 Å². The summed E-state index contributed by atoms with van der Waals surface area (Å²) >= 11 is 0. The predicted molar refractivity (Wildman–Crippen MR) is 67.5 cm³/mol. The minimum atomic E-state index is 0.327. The smallest absolute Gasteiger partial charge is 0.192 e. The number of hydrogen-bond donors (Lipinski definition) is 2. The van der Waals surface area contributed by atoms with Gasteiger partial charge in [-0.15, -0.1) is 0 Å². The summed E-state index contributed by atoms with van der Waals surface area (Å²) in [7, 11) is 0. The zero-order valence-corrected chi connectivity index (χ0v) is 9.90. The molecule has 0 amide bonds. The molecule has 1 unspecified atom stereocenters. The number of guanidine groups is 1. The summed E-state index contributed by atoms with van der Waals surface area (Å²) < 4.78 is 0. The third kappa shape index (κ3) is 2.54. The first-order valence-corrected chi connectivity index (χ1v) is 5.92. The summed E-state index contributed by atoms with van der Waals surface area (Å²) in [5.41, 5.74) is 1.30. The SMILES string of the molecule is CC[C@@H](C)NC1=NCC(c2ccccc2)N1. The van der Waals surface area contributed by atoms with Crippen molar-refractivity contribution in [1.29, 1.82) is 0 Å². The van der Waals surface area contributed by atoms with Crippen LogP contribution in [0.5, 0.6) is 0 Å². The number of nitrogens with one attached hydrogen (secondary N) is 2. The van der Waals surface area contributed by atoms with Crippen molar-refractivity contribution in [2.45, 2.75) is 32.4 Å². The molecule has 16 heavy (non-hydrogen) atoms. The van der Waals surface area contributed by atoms with Gasteiger partial charge in [0.2, 0.25) is 0 Å². The third-order valence-corrected chi connectivity index (χ3v) is 2.94. The summed E-state index contributed by atoms with van der Waals surface area (Å²) in [6, 6.07) is 11.2. The van der Waals surface area contributed by atoms with Crippen LogP contribution < -0.4 is 10.6 Å². The summed E-state index contributed by atoms with van der Waals surface area (Å²) in [5.74, 6) is 0.934. The summed E-state index contributed by atoms with van der Waals surface area (Å²) in [6.07, 6.45) is 1.11. The Bertz CT molecular complexity index is 359. The Morgan fingerprint density at radius 1 is 1.44 bits per heavy atom. The first-order valence-electron chi connectivity index (χ1n) is 5.92. The first-order chi connectivity index (χ1) is 7.79. The molecule has 2 rings (SSSR count). The molecular weight excluding hydrogens is 198 g/mol. The Kier molecular flexibility index (Phi) is 3.44. The van der Waals surface area contributed by atoms with Crippen molar-refractivity contribution in [2.75, 3.05) is 6.54 Å². The molecule has 2 atom stereocenters. The van der Waals surface area contributed by atoms with Gasteiger partial charge in [0, 0.05) is 6.04 Å². The van der Waals surface area contributed by atoms with Crippen LogP contribution in [-0.4, -0.2) is 18.5 Å². The molecule has 2 N–H and O–H groups in total. The van der Waals surface area contributed by atoms with Crippen molar-refractivity contribution in [2.24, 2.45) is 4.99 Å². The Morgan fingerprint density at radius 3 is 2.88 bits per heavy atom. The number of benzene rings is 1. The molecule has 0 aliphatic carbocycles. The average molecular weight is 217 g/mol. The molecule has 0 saturated heterocycles. The Hall–Kier alpha value is -1.51. The number of nitrogens with zero attached hydrogens (tertiary/aromatic N) is 1. The van der Waals surface area contributed by atoms with E-state index in [1.165, 1.54) is 5.56 Å². The van der Waals surface area contributed by atoms with Crippen LogP contribution in [0.1, 0.15) is 31.9 Å². The van der Waals surface area contributed by atoms with Gasteiger partial charge in [-0.2, -0.15) is 0 Å². The van der Waals surface area contributed by atoms with Gasteiger partial charge in [0.1, 0.15) is 0 Å². The lowest BCUT2D eigenvalue weighted by molar-refractivity contribution is 0.621. The third-order valence-electron chi connectivity index (χ3n) is 2.94. The second-order valence-corrected chi connectivity index (χ2v) is 4.25.